The van der Waals surface area contributed by atoms with Crippen LogP contribution in [-0.4, -0.2) is 19.8 Å². The van der Waals surface area contributed by atoms with Crippen molar-refractivity contribution in [2.45, 2.75) is 380 Å². The maximum absolute atomic E-state index is 6.77. The number of rotatable bonds is 65. The van der Waals surface area contributed by atoms with Crippen molar-refractivity contribution >= 4 is 0 Å². The number of benzene rings is 3. The minimum absolute atomic E-state index is 0.177. The molecule has 5 heteroatoms. The quantitative estimate of drug-likeness (QED) is 0.0571. The average Bonchev–Trinajstić information content (AvgIpc) is 3.04. The highest BCUT2D eigenvalue weighted by Crippen LogP contribution is 2.40. The third-order valence-electron chi connectivity index (χ3n) is 18.1. The second-order valence-corrected chi connectivity index (χ2v) is 26.2. The van der Waals surface area contributed by atoms with E-state index in [0.717, 1.165) is 59.0 Å². The van der Waals surface area contributed by atoms with Crippen molar-refractivity contribution in [1.82, 2.24) is 0 Å². The molecule has 0 saturated heterocycles. The minimum atomic E-state index is -0.177. The molecule has 0 aliphatic carbocycles. The Balaban J connectivity index is 1.51. The van der Waals surface area contributed by atoms with Crippen molar-refractivity contribution in [1.29, 1.82) is 0 Å². The van der Waals surface area contributed by atoms with Crippen LogP contribution < -0.4 is 24.7 Å². The van der Waals surface area contributed by atoms with E-state index in [1.807, 2.05) is 30.3 Å². The molecule has 0 saturated carbocycles. The molecule has 0 heterocycles. The van der Waals surface area contributed by atoms with E-state index in [1.165, 1.54) is 327 Å². The van der Waals surface area contributed by atoms with Gasteiger partial charge in [0.15, 0.2) is 11.5 Å². The smallest absolute Gasteiger partial charge is 0.203 e. The van der Waals surface area contributed by atoms with Crippen molar-refractivity contribution in [3.8, 4) is 23.0 Å². The summed E-state index contributed by atoms with van der Waals surface area (Å²) in [5, 5.41) is 0. The highest BCUT2D eigenvalue weighted by atomic mass is 16.5. The van der Waals surface area contributed by atoms with Gasteiger partial charge in [0, 0.05) is 0 Å². The first-order valence-corrected chi connectivity index (χ1v) is 37.7. The van der Waals surface area contributed by atoms with E-state index in [0.29, 0.717) is 26.4 Å². The first-order valence-electron chi connectivity index (χ1n) is 37.7. The second kappa shape index (κ2) is 58.5. The normalized spacial score (nSPS) is 11.9. The summed E-state index contributed by atoms with van der Waals surface area (Å²) in [5.41, 5.74) is 9.87. The number of nitrogens with two attached hydrogens (primary N) is 1. The molecule has 3 rings (SSSR count). The first-order chi connectivity index (χ1) is 42.2. The topological polar surface area (TPSA) is 62.9 Å². The predicted molar refractivity (Wildman–Crippen MR) is 373 cm³/mol. The molecule has 5 nitrogen and oxygen atoms in total. The maximum Gasteiger partial charge on any atom is 0.203 e. The number of unbranched alkanes of at least 4 members (excludes halogenated alkanes) is 51. The Bertz CT molecular complexity index is 1770. The lowest BCUT2D eigenvalue weighted by Crippen LogP contribution is -2.11. The summed E-state index contributed by atoms with van der Waals surface area (Å²) in [7, 11) is 0. The van der Waals surface area contributed by atoms with Crippen molar-refractivity contribution in [3.63, 3.8) is 0 Å². The molecule has 1 unspecified atom stereocenters. The molecule has 0 fully saturated rings. The summed E-state index contributed by atoms with van der Waals surface area (Å²) in [6, 6.07) is 22.7. The van der Waals surface area contributed by atoms with Gasteiger partial charge in [-0.15, -0.1) is 0 Å². The van der Waals surface area contributed by atoms with Gasteiger partial charge in [-0.1, -0.05) is 391 Å². The van der Waals surface area contributed by atoms with E-state index < -0.39 is 0 Å². The third kappa shape index (κ3) is 44.0. The Morgan fingerprint density at radius 1 is 0.271 bits per heavy atom. The van der Waals surface area contributed by atoms with Gasteiger partial charge < -0.3 is 24.7 Å². The highest BCUT2D eigenvalue weighted by Gasteiger charge is 2.18. The Morgan fingerprint density at radius 2 is 0.518 bits per heavy atom. The lowest BCUT2D eigenvalue weighted by molar-refractivity contribution is 0.232. The SMILES string of the molecule is CCCCCCCCCCCCCCCCCCCCOc1cc(COc2ccc(C(N)c3ccccc3)cc2)cc(OCCCCCCCCCCCCCCCCCCCC)c1OCCCCCCCCCCCCCCCCCCCC. The highest BCUT2D eigenvalue weighted by molar-refractivity contribution is 5.54. The second-order valence-electron chi connectivity index (χ2n) is 26.2. The van der Waals surface area contributed by atoms with Gasteiger partial charge in [-0.3, -0.25) is 0 Å². The van der Waals surface area contributed by atoms with Crippen LogP contribution in [0.25, 0.3) is 0 Å². The molecule has 488 valence electrons. The molecule has 0 spiro atoms. The van der Waals surface area contributed by atoms with Gasteiger partial charge in [0.25, 0.3) is 0 Å². The molecule has 85 heavy (non-hydrogen) atoms. The zero-order valence-corrected chi connectivity index (χ0v) is 56.7. The Morgan fingerprint density at radius 3 is 0.800 bits per heavy atom. The largest absolute Gasteiger partial charge is 0.490 e. The molecule has 0 aliphatic rings. The van der Waals surface area contributed by atoms with E-state index in [-0.39, 0.29) is 6.04 Å². The molecule has 0 amide bonds. The van der Waals surface area contributed by atoms with Crippen LogP contribution in [0.1, 0.15) is 390 Å². The number of hydrogen-bond donors (Lipinski definition) is 1. The zero-order chi connectivity index (χ0) is 60.2. The summed E-state index contributed by atoms with van der Waals surface area (Å²) >= 11 is 0. The first kappa shape index (κ1) is 76.1. The Kier molecular flexibility index (Phi) is 52.4. The molecule has 0 bridgehead atoms. The summed E-state index contributed by atoms with van der Waals surface area (Å²) < 4.78 is 26.7. The van der Waals surface area contributed by atoms with Crippen LogP contribution >= 0.6 is 0 Å². The van der Waals surface area contributed by atoms with Gasteiger partial charge in [0.1, 0.15) is 12.4 Å². The molecule has 0 radical (unpaired) electrons. The van der Waals surface area contributed by atoms with Gasteiger partial charge >= 0.3 is 0 Å². The third-order valence-corrected chi connectivity index (χ3v) is 18.1. The van der Waals surface area contributed by atoms with Crippen LogP contribution in [-0.2, 0) is 6.61 Å². The summed E-state index contributed by atoms with van der Waals surface area (Å²) in [4.78, 5) is 0. The van der Waals surface area contributed by atoms with E-state index in [9.17, 15) is 0 Å². The van der Waals surface area contributed by atoms with Crippen LogP contribution in [0.5, 0.6) is 23.0 Å². The van der Waals surface area contributed by atoms with E-state index >= 15 is 0 Å². The fraction of sp³-hybridized carbons (Fsp3) is 0.775. The fourth-order valence-electron chi connectivity index (χ4n) is 12.4. The van der Waals surface area contributed by atoms with Gasteiger partial charge in [-0.2, -0.15) is 0 Å². The molecule has 2 N–H and O–H groups in total. The van der Waals surface area contributed by atoms with Crippen molar-refractivity contribution < 1.29 is 18.9 Å². The molecule has 0 aliphatic heterocycles. The number of hydrogen-bond acceptors (Lipinski definition) is 5. The summed E-state index contributed by atoms with van der Waals surface area (Å²) in [5.74, 6) is 3.20. The van der Waals surface area contributed by atoms with Crippen LogP contribution in [0.4, 0.5) is 0 Å². The van der Waals surface area contributed by atoms with Gasteiger partial charge in [0.05, 0.1) is 25.9 Å². The Hall–Kier alpha value is -3.18. The van der Waals surface area contributed by atoms with Gasteiger partial charge in [0.2, 0.25) is 5.75 Å². The number of ether oxygens (including phenoxy) is 4. The molecular weight excluding hydrogens is 1040 g/mol. The molecule has 1 atom stereocenters. The monoisotopic (exact) mass is 1180 g/mol. The summed E-state index contributed by atoms with van der Waals surface area (Å²) in [6.07, 6.45) is 74.1. The maximum atomic E-state index is 6.77. The van der Waals surface area contributed by atoms with Crippen LogP contribution in [0, 0.1) is 0 Å². The van der Waals surface area contributed by atoms with Crippen LogP contribution in [0.2, 0.25) is 0 Å². The van der Waals surface area contributed by atoms with Crippen molar-refractivity contribution in [2.24, 2.45) is 5.73 Å². The lowest BCUT2D eigenvalue weighted by Gasteiger charge is -2.19. The predicted octanol–water partition coefficient (Wildman–Crippen LogP) is 26.6. The van der Waals surface area contributed by atoms with E-state index in [1.54, 1.807) is 0 Å². The van der Waals surface area contributed by atoms with Gasteiger partial charge in [-0.05, 0) is 60.2 Å². The summed E-state index contributed by atoms with van der Waals surface area (Å²) in [6.45, 7) is 9.38. The molecular formula is C80H139NO4. The van der Waals surface area contributed by atoms with Crippen molar-refractivity contribution in [2.75, 3.05) is 19.8 Å². The van der Waals surface area contributed by atoms with E-state index in [4.69, 9.17) is 24.7 Å². The van der Waals surface area contributed by atoms with Crippen molar-refractivity contribution in [3.05, 3.63) is 83.4 Å². The average molecular weight is 1180 g/mol. The fourth-order valence-corrected chi connectivity index (χ4v) is 12.4. The molecule has 0 aromatic heterocycles. The minimum Gasteiger partial charge on any atom is -0.490 e. The van der Waals surface area contributed by atoms with Crippen LogP contribution in [0.15, 0.2) is 66.7 Å². The van der Waals surface area contributed by atoms with Gasteiger partial charge in [-0.25, -0.2) is 0 Å². The van der Waals surface area contributed by atoms with Crippen LogP contribution in [0.3, 0.4) is 0 Å². The Labute approximate surface area is 528 Å². The van der Waals surface area contributed by atoms with E-state index in [2.05, 4.69) is 57.2 Å². The lowest BCUT2D eigenvalue weighted by atomic mass is 10.00. The standard InChI is InChI=1S/C80H139NO4/c1-4-7-10-13-16-19-22-25-28-31-34-37-40-43-46-49-52-58-67-82-77-70-73(72-85-76-65-63-75(64-66-76)79(81)74-61-56-55-57-62-74)71-78(83-68-59-53-50-47-44-41-38-35-32-29-26-23-20-17-14-11-8-5-2)80(77)84-69-60-54-51-48-45-42-39-36-33-30-27-24-21-18-15-12-9-6-3/h55-57,61-66,70-71,79H,4-54,58-60,67-69,72,81H2,1-3H3. The molecule has 3 aromatic rings. The zero-order valence-electron chi connectivity index (χ0n) is 56.7. The molecule has 3 aromatic carbocycles.